The molecule has 0 bridgehead atoms. The minimum absolute atomic E-state index is 0.0233. The second-order valence-electron chi connectivity index (χ2n) is 5.54. The summed E-state index contributed by atoms with van der Waals surface area (Å²) in [6.45, 7) is 11.2. The van der Waals surface area contributed by atoms with Crippen LogP contribution in [0.25, 0.3) is 35.1 Å². The molecule has 0 fully saturated rings. The van der Waals surface area contributed by atoms with Crippen LogP contribution in [0.5, 0.6) is 0 Å². The van der Waals surface area contributed by atoms with E-state index in [2.05, 4.69) is 13.2 Å². The number of ketones is 1. The van der Waals surface area contributed by atoms with Crippen LogP contribution in [-0.2, 0) is 4.79 Å². The highest BCUT2D eigenvalue weighted by molar-refractivity contribution is 6.08. The first kappa shape index (κ1) is 15.8. The zero-order valence-corrected chi connectivity index (χ0v) is 13.8. The number of fused-ring (bicyclic) bond motifs is 3. The molecular formula is C21H18N2O. The largest absolute Gasteiger partial charge is 0.295 e. The molecule has 1 aromatic heterocycles. The minimum atomic E-state index is -0.0233. The monoisotopic (exact) mass is 314 g/mol. The summed E-state index contributed by atoms with van der Waals surface area (Å²) in [5.74, 6) is -0.0233. The number of carbonyl (C=O) groups excluding carboxylic acids is 1. The van der Waals surface area contributed by atoms with E-state index in [0.29, 0.717) is 0 Å². The lowest BCUT2D eigenvalue weighted by Crippen LogP contribution is -1.99. The average molecular weight is 314 g/mol. The van der Waals surface area contributed by atoms with Crippen molar-refractivity contribution in [1.29, 1.82) is 0 Å². The van der Waals surface area contributed by atoms with Crippen LogP contribution < -0.4 is 0 Å². The number of carbonyl (C=O) groups is 1. The molecular weight excluding hydrogens is 296 g/mol. The fraction of sp³-hybridized carbons (Fsp3) is 0.0952. The predicted molar refractivity (Wildman–Crippen MR) is 100 cm³/mol. The fourth-order valence-corrected chi connectivity index (χ4v) is 2.97. The van der Waals surface area contributed by atoms with Crippen molar-refractivity contribution in [3.8, 4) is 11.3 Å². The molecule has 0 aliphatic heterocycles. The van der Waals surface area contributed by atoms with Crippen LogP contribution in [0.3, 0.4) is 0 Å². The number of allylic oxidation sites excluding steroid dienone is 2. The van der Waals surface area contributed by atoms with Crippen molar-refractivity contribution in [3.05, 3.63) is 71.7 Å². The highest BCUT2D eigenvalue weighted by atomic mass is 16.1. The number of rotatable bonds is 4. The Morgan fingerprint density at radius 1 is 1.08 bits per heavy atom. The summed E-state index contributed by atoms with van der Waals surface area (Å²) in [5, 5.41) is 0. The molecule has 118 valence electrons. The first-order chi connectivity index (χ1) is 11.6. The quantitative estimate of drug-likeness (QED) is 0.650. The molecule has 1 aliphatic rings. The van der Waals surface area contributed by atoms with E-state index in [1.165, 1.54) is 0 Å². The van der Waals surface area contributed by atoms with Gasteiger partial charge in [0.1, 0.15) is 0 Å². The zero-order valence-electron chi connectivity index (χ0n) is 13.8. The normalized spacial score (nSPS) is 13.8. The van der Waals surface area contributed by atoms with Gasteiger partial charge >= 0.3 is 0 Å². The van der Waals surface area contributed by atoms with Gasteiger partial charge in [-0.3, -0.25) is 4.79 Å². The Morgan fingerprint density at radius 2 is 1.83 bits per heavy atom. The Balaban J connectivity index is 2.41. The summed E-state index contributed by atoms with van der Waals surface area (Å²) in [7, 11) is 0. The van der Waals surface area contributed by atoms with E-state index in [1.54, 1.807) is 25.2 Å². The van der Waals surface area contributed by atoms with Crippen LogP contribution in [0.2, 0.25) is 0 Å². The van der Waals surface area contributed by atoms with Crippen molar-refractivity contribution >= 4 is 29.6 Å². The molecule has 0 saturated carbocycles. The van der Waals surface area contributed by atoms with Gasteiger partial charge in [-0.15, -0.1) is 0 Å². The number of benzene rings is 1. The summed E-state index contributed by atoms with van der Waals surface area (Å²) in [5.41, 5.74) is 6.68. The molecule has 24 heavy (non-hydrogen) atoms. The first-order valence-electron chi connectivity index (χ1n) is 7.76. The minimum Gasteiger partial charge on any atom is -0.295 e. The lowest BCUT2D eigenvalue weighted by Gasteiger charge is -2.06. The molecule has 1 aromatic carbocycles. The van der Waals surface area contributed by atoms with Crippen LogP contribution >= 0.6 is 0 Å². The van der Waals surface area contributed by atoms with Gasteiger partial charge in [0.05, 0.1) is 22.8 Å². The standard InChI is InChI=1S/C21H18N2O/c1-5-9-18-17(7-3)22-20-15-11-8-10-14(6-2)19(15)16(12-13(4)24)21(20)23-18/h5-12H,2-3H2,1,4H3/b9-5-,16-12+. The summed E-state index contributed by atoms with van der Waals surface area (Å²) in [6.07, 6.45) is 8.92. The average Bonchev–Trinajstić information content (AvgIpc) is 2.87. The van der Waals surface area contributed by atoms with Crippen LogP contribution in [0.1, 0.15) is 42.1 Å². The Morgan fingerprint density at radius 3 is 2.46 bits per heavy atom. The summed E-state index contributed by atoms with van der Waals surface area (Å²) < 4.78 is 0. The molecule has 0 N–H and O–H groups in total. The SMILES string of the molecule is C=Cc1cccc2c1/C(=C\C(C)=O)c1nc(/C=C\C)c(C=C)nc1-2. The van der Waals surface area contributed by atoms with E-state index in [9.17, 15) is 4.79 Å². The van der Waals surface area contributed by atoms with E-state index in [-0.39, 0.29) is 5.78 Å². The molecule has 0 saturated heterocycles. The van der Waals surface area contributed by atoms with Gasteiger partial charge in [-0.25, -0.2) is 9.97 Å². The number of hydrogen-bond acceptors (Lipinski definition) is 3. The lowest BCUT2D eigenvalue weighted by molar-refractivity contribution is -0.112. The molecule has 0 spiro atoms. The van der Waals surface area contributed by atoms with Crippen molar-refractivity contribution in [2.75, 3.05) is 0 Å². The topological polar surface area (TPSA) is 42.9 Å². The lowest BCUT2D eigenvalue weighted by atomic mass is 9.98. The van der Waals surface area contributed by atoms with Crippen LogP contribution in [0.15, 0.2) is 43.5 Å². The zero-order chi connectivity index (χ0) is 17.3. The third kappa shape index (κ3) is 2.44. The molecule has 3 nitrogen and oxygen atoms in total. The maximum absolute atomic E-state index is 11.8. The number of hydrogen-bond donors (Lipinski definition) is 0. The predicted octanol–water partition coefficient (Wildman–Crippen LogP) is 4.80. The van der Waals surface area contributed by atoms with E-state index < -0.39 is 0 Å². The molecule has 0 amide bonds. The van der Waals surface area contributed by atoms with E-state index >= 15 is 0 Å². The van der Waals surface area contributed by atoms with E-state index in [4.69, 9.17) is 9.97 Å². The summed E-state index contributed by atoms with van der Waals surface area (Å²) >= 11 is 0. The molecule has 0 unspecified atom stereocenters. The van der Waals surface area contributed by atoms with Crippen LogP contribution in [0.4, 0.5) is 0 Å². The van der Waals surface area contributed by atoms with Crippen molar-refractivity contribution < 1.29 is 4.79 Å². The number of nitrogens with zero attached hydrogens (tertiary/aromatic N) is 2. The van der Waals surface area contributed by atoms with Crippen molar-refractivity contribution in [1.82, 2.24) is 9.97 Å². The number of aromatic nitrogens is 2. The second kappa shape index (κ2) is 6.20. The van der Waals surface area contributed by atoms with Gasteiger partial charge in [0, 0.05) is 16.7 Å². The van der Waals surface area contributed by atoms with Gasteiger partial charge < -0.3 is 0 Å². The van der Waals surface area contributed by atoms with E-state index in [1.807, 2.05) is 37.3 Å². The maximum Gasteiger partial charge on any atom is 0.153 e. The Bertz CT molecular complexity index is 933. The molecule has 3 heteroatoms. The molecule has 1 heterocycles. The van der Waals surface area contributed by atoms with Gasteiger partial charge in [-0.2, -0.15) is 0 Å². The Kier molecular flexibility index (Phi) is 4.09. The van der Waals surface area contributed by atoms with Gasteiger partial charge in [0.15, 0.2) is 5.78 Å². The Hall–Kier alpha value is -3.07. The van der Waals surface area contributed by atoms with Gasteiger partial charge in [-0.05, 0) is 37.6 Å². The molecule has 0 radical (unpaired) electrons. The summed E-state index contributed by atoms with van der Waals surface area (Å²) in [6, 6.07) is 5.94. The smallest absolute Gasteiger partial charge is 0.153 e. The van der Waals surface area contributed by atoms with Crippen LogP contribution in [-0.4, -0.2) is 15.8 Å². The van der Waals surface area contributed by atoms with Crippen molar-refractivity contribution in [3.63, 3.8) is 0 Å². The molecule has 1 aliphatic carbocycles. The van der Waals surface area contributed by atoms with Crippen molar-refractivity contribution in [2.24, 2.45) is 0 Å². The summed E-state index contributed by atoms with van der Waals surface area (Å²) in [4.78, 5) is 21.3. The fourth-order valence-electron chi connectivity index (χ4n) is 2.97. The van der Waals surface area contributed by atoms with Gasteiger partial charge in [0.25, 0.3) is 0 Å². The highest BCUT2D eigenvalue weighted by Crippen LogP contribution is 2.44. The Labute approximate surface area is 141 Å². The third-order valence-corrected chi connectivity index (χ3v) is 3.91. The third-order valence-electron chi connectivity index (χ3n) is 3.91. The molecule has 3 rings (SSSR count). The van der Waals surface area contributed by atoms with Gasteiger partial charge in [0.2, 0.25) is 0 Å². The molecule has 0 atom stereocenters. The first-order valence-corrected chi connectivity index (χ1v) is 7.76. The van der Waals surface area contributed by atoms with Crippen LogP contribution in [0, 0.1) is 0 Å². The highest BCUT2D eigenvalue weighted by Gasteiger charge is 2.29. The maximum atomic E-state index is 11.8. The molecule has 2 aromatic rings. The van der Waals surface area contributed by atoms with Gasteiger partial charge in [-0.1, -0.05) is 43.5 Å². The second-order valence-corrected chi connectivity index (χ2v) is 5.54. The van der Waals surface area contributed by atoms with Crippen molar-refractivity contribution in [2.45, 2.75) is 13.8 Å². The van der Waals surface area contributed by atoms with E-state index in [0.717, 1.165) is 45.0 Å².